The number of aromatic carboxylic acids is 1. The van der Waals surface area contributed by atoms with Gasteiger partial charge in [0, 0.05) is 6.04 Å². The number of carboxylic acids is 1. The highest BCUT2D eigenvalue weighted by Gasteiger charge is 2.47. The topological polar surface area (TPSA) is 49.8 Å². The van der Waals surface area contributed by atoms with Crippen molar-refractivity contribution in [2.24, 2.45) is 5.41 Å². The lowest BCUT2D eigenvalue weighted by Gasteiger charge is -2.53. The SMILES string of the molecule is O=C(O)c1ccc(OC2CC3(CCN(C4CCCCC4)CC3)C2)cc1. The lowest BCUT2D eigenvalue weighted by Crippen LogP contribution is -2.53. The van der Waals surface area contributed by atoms with E-state index in [1.807, 2.05) is 0 Å². The molecule has 0 radical (unpaired) electrons. The number of piperidine rings is 1. The maximum absolute atomic E-state index is 10.9. The number of ether oxygens (including phenoxy) is 1. The van der Waals surface area contributed by atoms with Gasteiger partial charge in [-0.05, 0) is 81.3 Å². The molecule has 1 aliphatic heterocycles. The molecule has 25 heavy (non-hydrogen) atoms. The van der Waals surface area contributed by atoms with Crippen molar-refractivity contribution in [1.82, 2.24) is 4.90 Å². The Labute approximate surface area is 150 Å². The third kappa shape index (κ3) is 3.69. The molecule has 136 valence electrons. The Morgan fingerprint density at radius 1 is 1.04 bits per heavy atom. The molecule has 1 aromatic carbocycles. The van der Waals surface area contributed by atoms with Crippen molar-refractivity contribution in [3.63, 3.8) is 0 Å². The summed E-state index contributed by atoms with van der Waals surface area (Å²) in [6, 6.07) is 7.65. The Balaban J connectivity index is 1.24. The van der Waals surface area contributed by atoms with Gasteiger partial charge in [-0.2, -0.15) is 0 Å². The van der Waals surface area contributed by atoms with Gasteiger partial charge in [-0.25, -0.2) is 4.79 Å². The van der Waals surface area contributed by atoms with E-state index in [1.165, 1.54) is 58.0 Å². The van der Waals surface area contributed by atoms with Crippen LogP contribution in [-0.2, 0) is 0 Å². The van der Waals surface area contributed by atoms with E-state index in [9.17, 15) is 4.79 Å². The molecular weight excluding hydrogens is 314 g/mol. The van der Waals surface area contributed by atoms with E-state index in [-0.39, 0.29) is 0 Å². The molecule has 1 saturated heterocycles. The van der Waals surface area contributed by atoms with Gasteiger partial charge in [0.25, 0.3) is 0 Å². The summed E-state index contributed by atoms with van der Waals surface area (Å²) in [5, 5.41) is 8.95. The lowest BCUT2D eigenvalue weighted by atomic mass is 9.61. The molecule has 1 heterocycles. The second-order valence-corrected chi connectivity index (χ2v) is 8.31. The fourth-order valence-electron chi connectivity index (χ4n) is 5.08. The molecule has 2 saturated carbocycles. The molecule has 0 unspecified atom stereocenters. The molecule has 0 atom stereocenters. The monoisotopic (exact) mass is 343 g/mol. The number of hydrogen-bond donors (Lipinski definition) is 1. The van der Waals surface area contributed by atoms with Crippen LogP contribution in [0, 0.1) is 5.41 Å². The number of benzene rings is 1. The van der Waals surface area contributed by atoms with E-state index >= 15 is 0 Å². The minimum Gasteiger partial charge on any atom is -0.490 e. The second-order valence-electron chi connectivity index (χ2n) is 8.31. The second kappa shape index (κ2) is 6.99. The summed E-state index contributed by atoms with van der Waals surface area (Å²) in [5.74, 6) is -0.0941. The number of carboxylic acid groups (broad SMARTS) is 1. The number of nitrogens with zero attached hydrogens (tertiary/aromatic N) is 1. The summed E-state index contributed by atoms with van der Waals surface area (Å²) >= 11 is 0. The first kappa shape index (κ1) is 16.9. The van der Waals surface area contributed by atoms with Crippen LogP contribution in [0.2, 0.25) is 0 Å². The van der Waals surface area contributed by atoms with Gasteiger partial charge < -0.3 is 14.7 Å². The summed E-state index contributed by atoms with van der Waals surface area (Å²) in [7, 11) is 0. The van der Waals surface area contributed by atoms with Crippen LogP contribution < -0.4 is 4.74 Å². The summed E-state index contributed by atoms with van der Waals surface area (Å²) in [5.41, 5.74) is 0.823. The fraction of sp³-hybridized carbons (Fsp3) is 0.667. The Morgan fingerprint density at radius 2 is 1.68 bits per heavy atom. The van der Waals surface area contributed by atoms with Crippen LogP contribution in [-0.4, -0.2) is 41.2 Å². The molecular formula is C21H29NO3. The van der Waals surface area contributed by atoms with Crippen molar-refractivity contribution in [2.45, 2.75) is 69.9 Å². The molecule has 4 rings (SSSR count). The van der Waals surface area contributed by atoms with Crippen molar-refractivity contribution in [3.05, 3.63) is 29.8 Å². The molecule has 2 aliphatic carbocycles. The quantitative estimate of drug-likeness (QED) is 0.883. The molecule has 0 amide bonds. The predicted octanol–water partition coefficient (Wildman–Crippen LogP) is 4.34. The van der Waals surface area contributed by atoms with Crippen molar-refractivity contribution in [2.75, 3.05) is 13.1 Å². The summed E-state index contributed by atoms with van der Waals surface area (Å²) in [4.78, 5) is 13.7. The first-order valence-electron chi connectivity index (χ1n) is 9.88. The molecule has 4 nitrogen and oxygen atoms in total. The van der Waals surface area contributed by atoms with Crippen LogP contribution in [0.1, 0.15) is 68.1 Å². The normalized spacial score (nSPS) is 24.8. The molecule has 3 fully saturated rings. The molecule has 1 spiro atoms. The Hall–Kier alpha value is -1.55. The van der Waals surface area contributed by atoms with Crippen LogP contribution >= 0.6 is 0 Å². The fourth-order valence-corrected chi connectivity index (χ4v) is 5.08. The van der Waals surface area contributed by atoms with Crippen LogP contribution in [0.3, 0.4) is 0 Å². The first-order chi connectivity index (χ1) is 12.1. The van der Waals surface area contributed by atoms with Crippen molar-refractivity contribution in [3.8, 4) is 5.75 Å². The standard InChI is InChI=1S/C21H29NO3/c23-20(24)16-6-8-18(9-7-16)25-19-14-21(15-19)10-12-22(13-11-21)17-4-2-1-3-5-17/h6-9,17,19H,1-5,10-15H2,(H,23,24). The van der Waals surface area contributed by atoms with Crippen LogP contribution in [0.5, 0.6) is 5.75 Å². The maximum atomic E-state index is 10.9. The third-order valence-corrected chi connectivity index (χ3v) is 6.68. The van der Waals surface area contributed by atoms with Gasteiger partial charge in [0.15, 0.2) is 0 Å². The smallest absolute Gasteiger partial charge is 0.335 e. The molecule has 1 aromatic rings. The Morgan fingerprint density at radius 3 is 2.28 bits per heavy atom. The van der Waals surface area contributed by atoms with Gasteiger partial charge >= 0.3 is 5.97 Å². The minimum atomic E-state index is -0.890. The van der Waals surface area contributed by atoms with Crippen LogP contribution in [0.25, 0.3) is 0 Å². The van der Waals surface area contributed by atoms with Gasteiger partial charge in [0.2, 0.25) is 0 Å². The summed E-state index contributed by atoms with van der Waals surface area (Å²) < 4.78 is 6.05. The lowest BCUT2D eigenvalue weighted by molar-refractivity contribution is -0.0636. The van der Waals surface area contributed by atoms with E-state index in [1.54, 1.807) is 24.3 Å². The maximum Gasteiger partial charge on any atom is 0.335 e. The molecule has 4 heteroatoms. The highest BCUT2D eigenvalue weighted by molar-refractivity contribution is 5.87. The summed E-state index contributed by atoms with van der Waals surface area (Å²) in [6.45, 7) is 2.54. The van der Waals surface area contributed by atoms with Gasteiger partial charge in [-0.15, -0.1) is 0 Å². The number of likely N-dealkylation sites (tertiary alicyclic amines) is 1. The van der Waals surface area contributed by atoms with Crippen molar-refractivity contribution < 1.29 is 14.6 Å². The average Bonchev–Trinajstić information content (AvgIpc) is 2.62. The Bertz CT molecular complexity index is 590. The van der Waals surface area contributed by atoms with E-state index in [0.29, 0.717) is 17.1 Å². The molecule has 1 N–H and O–H groups in total. The van der Waals surface area contributed by atoms with Gasteiger partial charge in [0.05, 0.1) is 11.7 Å². The Kier molecular flexibility index (Phi) is 4.72. The third-order valence-electron chi connectivity index (χ3n) is 6.68. The highest BCUT2D eigenvalue weighted by atomic mass is 16.5. The van der Waals surface area contributed by atoms with E-state index in [2.05, 4.69) is 4.90 Å². The van der Waals surface area contributed by atoms with Crippen molar-refractivity contribution >= 4 is 5.97 Å². The predicted molar refractivity (Wildman–Crippen MR) is 97.2 cm³/mol. The van der Waals surface area contributed by atoms with E-state index in [4.69, 9.17) is 9.84 Å². The first-order valence-corrected chi connectivity index (χ1v) is 9.88. The van der Waals surface area contributed by atoms with Crippen molar-refractivity contribution in [1.29, 1.82) is 0 Å². The summed E-state index contributed by atoms with van der Waals surface area (Å²) in [6.07, 6.45) is 12.3. The van der Waals surface area contributed by atoms with E-state index < -0.39 is 5.97 Å². The van der Waals surface area contributed by atoms with Gasteiger partial charge in [-0.1, -0.05) is 19.3 Å². The average molecular weight is 343 g/mol. The molecule has 0 aromatic heterocycles. The number of hydrogen-bond acceptors (Lipinski definition) is 3. The van der Waals surface area contributed by atoms with Gasteiger partial charge in [-0.3, -0.25) is 0 Å². The zero-order valence-electron chi connectivity index (χ0n) is 15.0. The van der Waals surface area contributed by atoms with Crippen LogP contribution in [0.15, 0.2) is 24.3 Å². The molecule has 3 aliphatic rings. The number of carbonyl (C=O) groups is 1. The minimum absolute atomic E-state index is 0.303. The number of rotatable bonds is 4. The van der Waals surface area contributed by atoms with Crippen LogP contribution in [0.4, 0.5) is 0 Å². The van der Waals surface area contributed by atoms with Gasteiger partial charge in [0.1, 0.15) is 5.75 Å². The molecule has 0 bridgehead atoms. The van der Waals surface area contributed by atoms with E-state index in [0.717, 1.165) is 24.6 Å². The largest absolute Gasteiger partial charge is 0.490 e. The zero-order valence-corrected chi connectivity index (χ0v) is 15.0. The highest BCUT2D eigenvalue weighted by Crippen LogP contribution is 2.50. The zero-order chi connectivity index (χ0) is 17.3.